The first-order valence-corrected chi connectivity index (χ1v) is 5.96. The Morgan fingerprint density at radius 2 is 2.25 bits per heavy atom. The fraction of sp³-hybridized carbons (Fsp3) is 0.182. The summed E-state index contributed by atoms with van der Waals surface area (Å²) in [6, 6.07) is 7.77. The van der Waals surface area contributed by atoms with Crippen molar-refractivity contribution in [2.45, 2.75) is 6.54 Å². The lowest BCUT2D eigenvalue weighted by Gasteiger charge is -2.09. The summed E-state index contributed by atoms with van der Waals surface area (Å²) >= 11 is 7.28. The van der Waals surface area contributed by atoms with Gasteiger partial charge in [0.2, 0.25) is 0 Å². The number of nitrogens with zero attached hydrogens (tertiary/aromatic N) is 1. The number of halogens is 1. The van der Waals surface area contributed by atoms with E-state index in [1.54, 1.807) is 13.3 Å². The minimum atomic E-state index is 0.651. The summed E-state index contributed by atoms with van der Waals surface area (Å²) < 4.78 is 5.94. The zero-order valence-electron chi connectivity index (χ0n) is 8.74. The van der Waals surface area contributed by atoms with Crippen LogP contribution in [0.2, 0.25) is 4.34 Å². The average molecular weight is 255 g/mol. The number of aromatic nitrogens is 1. The first kappa shape index (κ1) is 11.2. The van der Waals surface area contributed by atoms with Gasteiger partial charge in [0.05, 0.1) is 25.5 Å². The zero-order chi connectivity index (χ0) is 11.4. The van der Waals surface area contributed by atoms with Gasteiger partial charge in [0.15, 0.2) is 0 Å². The number of rotatable bonds is 4. The number of thiazole rings is 1. The Morgan fingerprint density at radius 1 is 1.44 bits per heavy atom. The fourth-order valence-electron chi connectivity index (χ4n) is 1.33. The number of ether oxygens (including phenoxy) is 1. The monoisotopic (exact) mass is 254 g/mol. The SMILES string of the molecule is COc1ccccc1NCc1ncc(Cl)s1. The van der Waals surface area contributed by atoms with Gasteiger partial charge >= 0.3 is 0 Å². The Bertz CT molecular complexity index is 473. The van der Waals surface area contributed by atoms with E-state index in [1.165, 1.54) is 11.3 Å². The van der Waals surface area contributed by atoms with E-state index in [1.807, 2.05) is 24.3 Å². The van der Waals surface area contributed by atoms with Crippen LogP contribution in [0.1, 0.15) is 5.01 Å². The van der Waals surface area contributed by atoms with Gasteiger partial charge < -0.3 is 10.1 Å². The molecule has 1 N–H and O–H groups in total. The van der Waals surface area contributed by atoms with Crippen LogP contribution < -0.4 is 10.1 Å². The third kappa shape index (κ3) is 2.65. The summed E-state index contributed by atoms with van der Waals surface area (Å²) in [4.78, 5) is 4.17. The highest BCUT2D eigenvalue weighted by Crippen LogP contribution is 2.25. The van der Waals surface area contributed by atoms with E-state index in [9.17, 15) is 0 Å². The van der Waals surface area contributed by atoms with Gasteiger partial charge in [0.25, 0.3) is 0 Å². The van der Waals surface area contributed by atoms with Crippen LogP contribution in [-0.2, 0) is 6.54 Å². The molecule has 0 saturated heterocycles. The van der Waals surface area contributed by atoms with Crippen LogP contribution in [0, 0.1) is 0 Å². The summed E-state index contributed by atoms with van der Waals surface area (Å²) in [5.74, 6) is 0.824. The maximum Gasteiger partial charge on any atom is 0.141 e. The van der Waals surface area contributed by atoms with Gasteiger partial charge in [-0.1, -0.05) is 23.7 Å². The van der Waals surface area contributed by atoms with Crippen molar-refractivity contribution in [3.63, 3.8) is 0 Å². The van der Waals surface area contributed by atoms with E-state index in [0.29, 0.717) is 10.9 Å². The van der Waals surface area contributed by atoms with E-state index < -0.39 is 0 Å². The summed E-state index contributed by atoms with van der Waals surface area (Å²) in [7, 11) is 1.65. The Kier molecular flexibility index (Phi) is 3.64. The molecule has 1 aromatic heterocycles. The molecule has 0 fully saturated rings. The molecule has 2 aromatic rings. The number of para-hydroxylation sites is 2. The highest BCUT2D eigenvalue weighted by atomic mass is 35.5. The molecule has 3 nitrogen and oxygen atoms in total. The molecule has 5 heteroatoms. The average Bonchev–Trinajstić information content (AvgIpc) is 2.73. The van der Waals surface area contributed by atoms with Crippen molar-refractivity contribution in [1.82, 2.24) is 4.98 Å². The van der Waals surface area contributed by atoms with Crippen LogP contribution in [0.25, 0.3) is 0 Å². The third-order valence-electron chi connectivity index (χ3n) is 2.06. The molecular formula is C11H11ClN2OS. The van der Waals surface area contributed by atoms with Crippen LogP contribution in [0.4, 0.5) is 5.69 Å². The first-order valence-electron chi connectivity index (χ1n) is 4.76. The topological polar surface area (TPSA) is 34.1 Å². The van der Waals surface area contributed by atoms with Crippen molar-refractivity contribution in [1.29, 1.82) is 0 Å². The quantitative estimate of drug-likeness (QED) is 0.908. The lowest BCUT2D eigenvalue weighted by Crippen LogP contribution is -2.00. The number of anilines is 1. The Labute approximate surface area is 103 Å². The van der Waals surface area contributed by atoms with Crippen molar-refractivity contribution in [3.05, 3.63) is 39.8 Å². The van der Waals surface area contributed by atoms with Gasteiger partial charge in [0, 0.05) is 0 Å². The molecule has 0 saturated carbocycles. The molecule has 1 aromatic carbocycles. The predicted octanol–water partition coefficient (Wildman–Crippen LogP) is 3.42. The van der Waals surface area contributed by atoms with E-state index in [4.69, 9.17) is 16.3 Å². The van der Waals surface area contributed by atoms with Gasteiger partial charge in [-0.2, -0.15) is 0 Å². The van der Waals surface area contributed by atoms with Gasteiger partial charge in [-0.05, 0) is 12.1 Å². The molecule has 0 bridgehead atoms. The molecule has 0 aliphatic carbocycles. The third-order valence-corrected chi connectivity index (χ3v) is 3.18. The maximum absolute atomic E-state index is 5.80. The summed E-state index contributed by atoms with van der Waals surface area (Å²) in [5, 5.41) is 4.21. The molecule has 0 aliphatic rings. The predicted molar refractivity (Wildman–Crippen MR) is 67.4 cm³/mol. The summed E-state index contributed by atoms with van der Waals surface area (Å²) in [5.41, 5.74) is 0.955. The van der Waals surface area contributed by atoms with Crippen molar-refractivity contribution in [2.75, 3.05) is 12.4 Å². The van der Waals surface area contributed by atoms with Gasteiger partial charge in [-0.25, -0.2) is 4.98 Å². The number of nitrogens with one attached hydrogen (secondary N) is 1. The number of methoxy groups -OCH3 is 1. The summed E-state index contributed by atoms with van der Waals surface area (Å²) in [6.07, 6.45) is 1.66. The van der Waals surface area contributed by atoms with Crippen LogP contribution in [0.15, 0.2) is 30.5 Å². The van der Waals surface area contributed by atoms with Crippen LogP contribution >= 0.6 is 22.9 Å². The Morgan fingerprint density at radius 3 is 2.94 bits per heavy atom. The van der Waals surface area contributed by atoms with E-state index >= 15 is 0 Å². The van der Waals surface area contributed by atoms with Crippen molar-refractivity contribution < 1.29 is 4.74 Å². The van der Waals surface area contributed by atoms with E-state index in [-0.39, 0.29) is 0 Å². The molecule has 0 atom stereocenters. The van der Waals surface area contributed by atoms with E-state index in [0.717, 1.165) is 16.4 Å². The second kappa shape index (κ2) is 5.18. The maximum atomic E-state index is 5.80. The molecule has 0 amide bonds. The minimum absolute atomic E-state index is 0.651. The zero-order valence-corrected chi connectivity index (χ0v) is 10.3. The second-order valence-corrected chi connectivity index (χ2v) is 4.86. The van der Waals surface area contributed by atoms with Crippen molar-refractivity contribution >= 4 is 28.6 Å². The van der Waals surface area contributed by atoms with Crippen LogP contribution in [-0.4, -0.2) is 12.1 Å². The fourth-order valence-corrected chi connectivity index (χ4v) is 2.23. The molecule has 0 aliphatic heterocycles. The van der Waals surface area contributed by atoms with Gasteiger partial charge in [-0.3, -0.25) is 0 Å². The summed E-state index contributed by atoms with van der Waals surface area (Å²) in [6.45, 7) is 0.651. The number of hydrogen-bond donors (Lipinski definition) is 1. The van der Waals surface area contributed by atoms with Crippen LogP contribution in [0.3, 0.4) is 0 Å². The number of hydrogen-bond acceptors (Lipinski definition) is 4. The lowest BCUT2D eigenvalue weighted by atomic mass is 10.3. The molecule has 2 rings (SSSR count). The van der Waals surface area contributed by atoms with Crippen molar-refractivity contribution in [2.24, 2.45) is 0 Å². The van der Waals surface area contributed by atoms with Crippen molar-refractivity contribution in [3.8, 4) is 5.75 Å². The Balaban J connectivity index is 2.04. The highest BCUT2D eigenvalue weighted by Gasteiger charge is 2.03. The first-order chi connectivity index (χ1) is 7.79. The minimum Gasteiger partial charge on any atom is -0.495 e. The molecule has 0 unspecified atom stereocenters. The van der Waals surface area contributed by atoms with E-state index in [2.05, 4.69) is 10.3 Å². The highest BCUT2D eigenvalue weighted by molar-refractivity contribution is 7.15. The van der Waals surface area contributed by atoms with Crippen LogP contribution in [0.5, 0.6) is 5.75 Å². The molecular weight excluding hydrogens is 244 g/mol. The standard InChI is InChI=1S/C11H11ClN2OS/c1-15-9-5-3-2-4-8(9)13-7-11-14-6-10(12)16-11/h2-6,13H,7H2,1H3. The second-order valence-electron chi connectivity index (χ2n) is 3.11. The molecule has 1 heterocycles. The lowest BCUT2D eigenvalue weighted by molar-refractivity contribution is 0.416. The Hall–Kier alpha value is -1.26. The van der Waals surface area contributed by atoms with Gasteiger partial charge in [-0.15, -0.1) is 11.3 Å². The smallest absolute Gasteiger partial charge is 0.141 e. The molecule has 84 valence electrons. The molecule has 0 spiro atoms. The molecule has 0 radical (unpaired) electrons. The van der Waals surface area contributed by atoms with Gasteiger partial charge in [0.1, 0.15) is 15.1 Å². The largest absolute Gasteiger partial charge is 0.495 e. The molecule has 16 heavy (non-hydrogen) atoms. The number of benzene rings is 1. The normalized spacial score (nSPS) is 10.1.